The maximum atomic E-state index is 13.0. The van der Waals surface area contributed by atoms with Gasteiger partial charge in [0.2, 0.25) is 11.8 Å². The SMILES string of the molecule is C[C@@]12O[C@@](C)(C[C@H]1O)[C@H]1C(=O)N(c3ccc(C#N)c(I)c3)C(=O)[C@H]12. The minimum absolute atomic E-state index is 0.288. The molecule has 6 nitrogen and oxygen atoms in total. The van der Waals surface area contributed by atoms with E-state index in [0.717, 1.165) is 0 Å². The Morgan fingerprint density at radius 3 is 2.62 bits per heavy atom. The smallest absolute Gasteiger partial charge is 0.240 e. The molecule has 3 heterocycles. The van der Waals surface area contributed by atoms with Crippen LogP contribution in [0.15, 0.2) is 18.2 Å². The van der Waals surface area contributed by atoms with Crippen molar-refractivity contribution in [3.05, 3.63) is 27.3 Å². The number of nitrogens with zero attached hydrogens (tertiary/aromatic N) is 2. The highest BCUT2D eigenvalue weighted by molar-refractivity contribution is 14.1. The summed E-state index contributed by atoms with van der Waals surface area (Å²) < 4.78 is 6.63. The number of hydrogen-bond acceptors (Lipinski definition) is 5. The van der Waals surface area contributed by atoms with E-state index in [9.17, 15) is 14.7 Å². The van der Waals surface area contributed by atoms with Crippen LogP contribution in [0, 0.1) is 26.7 Å². The van der Waals surface area contributed by atoms with Gasteiger partial charge in [-0.2, -0.15) is 5.26 Å². The number of aliphatic hydroxyl groups excluding tert-OH is 1. The Kier molecular flexibility index (Phi) is 3.18. The van der Waals surface area contributed by atoms with Crippen LogP contribution in [0.4, 0.5) is 5.69 Å². The van der Waals surface area contributed by atoms with E-state index in [0.29, 0.717) is 21.2 Å². The number of ether oxygens (including phenoxy) is 1. The van der Waals surface area contributed by atoms with Crippen molar-refractivity contribution in [3.63, 3.8) is 0 Å². The van der Waals surface area contributed by atoms with Gasteiger partial charge in [0.15, 0.2) is 0 Å². The van der Waals surface area contributed by atoms with Crippen molar-refractivity contribution in [2.45, 2.75) is 37.6 Å². The molecule has 1 aromatic carbocycles. The summed E-state index contributed by atoms with van der Waals surface area (Å²) in [7, 11) is 0. The number of carbonyl (C=O) groups excluding carboxylic acids is 2. The lowest BCUT2D eigenvalue weighted by Gasteiger charge is -2.31. The van der Waals surface area contributed by atoms with E-state index >= 15 is 0 Å². The van der Waals surface area contributed by atoms with Gasteiger partial charge in [-0.25, -0.2) is 4.90 Å². The molecule has 124 valence electrons. The van der Waals surface area contributed by atoms with Crippen molar-refractivity contribution >= 4 is 40.1 Å². The fourth-order valence-corrected chi connectivity index (χ4v) is 5.13. The third-order valence-corrected chi connectivity index (χ3v) is 6.52. The summed E-state index contributed by atoms with van der Waals surface area (Å²) in [6, 6.07) is 6.95. The first-order valence-electron chi connectivity index (χ1n) is 7.68. The second-order valence-corrected chi connectivity index (χ2v) is 8.22. The minimum atomic E-state index is -1.03. The zero-order chi connectivity index (χ0) is 17.4. The number of nitriles is 1. The second kappa shape index (κ2) is 4.77. The van der Waals surface area contributed by atoms with E-state index in [-0.39, 0.29) is 11.8 Å². The number of aliphatic hydroxyl groups is 1. The molecule has 3 aliphatic rings. The average Bonchev–Trinajstić information content (AvgIpc) is 3.01. The molecule has 3 saturated heterocycles. The molecule has 0 radical (unpaired) electrons. The summed E-state index contributed by atoms with van der Waals surface area (Å²) in [5.74, 6) is -1.88. The minimum Gasteiger partial charge on any atom is -0.390 e. The number of carbonyl (C=O) groups is 2. The molecule has 3 fully saturated rings. The summed E-state index contributed by atoms with van der Waals surface area (Å²) in [4.78, 5) is 27.2. The number of benzene rings is 1. The molecule has 1 aromatic rings. The van der Waals surface area contributed by atoms with Crippen molar-refractivity contribution in [2.24, 2.45) is 11.8 Å². The molecule has 0 saturated carbocycles. The zero-order valence-electron chi connectivity index (χ0n) is 13.1. The first kappa shape index (κ1) is 16.0. The normalized spacial score (nSPS) is 40.1. The Bertz CT molecular complexity index is 834. The highest BCUT2D eigenvalue weighted by atomic mass is 127. The largest absolute Gasteiger partial charge is 0.390 e. The van der Waals surface area contributed by atoms with Crippen molar-refractivity contribution in [2.75, 3.05) is 4.90 Å². The standard InChI is InChI=1S/C17H15IN2O4/c1-16-6-11(21)17(2,24-16)13-12(16)14(22)20(15(13)23)9-4-3-8(7-19)10(18)5-9/h3-5,11-13,21H,6H2,1-2H3/t11-,12-,13+,16+,17-/m1/s1. The molecule has 0 aromatic heterocycles. The van der Waals surface area contributed by atoms with Crippen molar-refractivity contribution in [1.82, 2.24) is 0 Å². The maximum Gasteiger partial charge on any atom is 0.240 e. The number of anilines is 1. The number of halogens is 1. The molecule has 0 aliphatic carbocycles. The van der Waals surface area contributed by atoms with Gasteiger partial charge in [0.05, 0.1) is 34.8 Å². The molecule has 2 amide bonds. The number of imide groups is 1. The maximum absolute atomic E-state index is 13.0. The summed E-state index contributed by atoms with van der Waals surface area (Å²) in [5, 5.41) is 19.4. The van der Waals surface area contributed by atoms with Gasteiger partial charge in [-0.1, -0.05) is 0 Å². The summed E-state index contributed by atoms with van der Waals surface area (Å²) in [5.41, 5.74) is -0.888. The average molecular weight is 438 g/mol. The molecule has 1 N–H and O–H groups in total. The lowest BCUT2D eigenvalue weighted by molar-refractivity contribution is -0.132. The molecule has 3 aliphatic heterocycles. The van der Waals surface area contributed by atoms with Gasteiger partial charge in [-0.15, -0.1) is 0 Å². The van der Waals surface area contributed by atoms with Crippen molar-refractivity contribution in [3.8, 4) is 6.07 Å². The lowest BCUT2D eigenvalue weighted by Crippen LogP contribution is -2.49. The Morgan fingerprint density at radius 2 is 2.00 bits per heavy atom. The number of rotatable bonds is 1. The summed E-state index contributed by atoms with van der Waals surface area (Å²) in [6.07, 6.45) is -0.413. The van der Waals surface area contributed by atoms with E-state index in [4.69, 9.17) is 10.00 Å². The van der Waals surface area contributed by atoms with Gasteiger partial charge >= 0.3 is 0 Å². The number of fused-ring (bicyclic) bond motifs is 5. The van der Waals surface area contributed by atoms with Crippen LogP contribution in [0.2, 0.25) is 0 Å². The van der Waals surface area contributed by atoms with Crippen molar-refractivity contribution < 1.29 is 19.4 Å². The lowest BCUT2D eigenvalue weighted by atomic mass is 9.67. The van der Waals surface area contributed by atoms with Crippen LogP contribution in [0.3, 0.4) is 0 Å². The van der Waals surface area contributed by atoms with Gasteiger partial charge < -0.3 is 9.84 Å². The van der Waals surface area contributed by atoms with Gasteiger partial charge in [0.25, 0.3) is 0 Å². The molecule has 24 heavy (non-hydrogen) atoms. The van der Waals surface area contributed by atoms with E-state index in [1.54, 1.807) is 32.0 Å². The van der Waals surface area contributed by atoms with Gasteiger partial charge in [-0.05, 0) is 54.6 Å². The molecule has 2 bridgehead atoms. The van der Waals surface area contributed by atoms with Crippen LogP contribution >= 0.6 is 22.6 Å². The van der Waals surface area contributed by atoms with E-state index in [1.807, 2.05) is 22.6 Å². The van der Waals surface area contributed by atoms with Crippen LogP contribution in [0.1, 0.15) is 25.8 Å². The number of amides is 2. The van der Waals surface area contributed by atoms with E-state index in [2.05, 4.69) is 6.07 Å². The van der Waals surface area contributed by atoms with Crippen LogP contribution in [-0.2, 0) is 14.3 Å². The first-order chi connectivity index (χ1) is 11.2. The second-order valence-electron chi connectivity index (χ2n) is 7.06. The van der Waals surface area contributed by atoms with Crippen LogP contribution in [0.25, 0.3) is 0 Å². The van der Waals surface area contributed by atoms with Crippen molar-refractivity contribution in [1.29, 1.82) is 5.26 Å². The molecule has 0 spiro atoms. The van der Waals surface area contributed by atoms with Gasteiger partial charge in [-0.3, -0.25) is 9.59 Å². The highest BCUT2D eigenvalue weighted by Gasteiger charge is 2.75. The Balaban J connectivity index is 1.79. The van der Waals surface area contributed by atoms with Crippen LogP contribution in [-0.4, -0.2) is 34.2 Å². The topological polar surface area (TPSA) is 90.6 Å². The van der Waals surface area contributed by atoms with E-state index in [1.165, 1.54) is 4.90 Å². The third kappa shape index (κ3) is 1.76. The molecule has 5 atom stereocenters. The van der Waals surface area contributed by atoms with E-state index < -0.39 is 29.1 Å². The zero-order valence-corrected chi connectivity index (χ0v) is 15.3. The Labute approximate surface area is 152 Å². The van der Waals surface area contributed by atoms with Gasteiger partial charge in [0, 0.05) is 9.99 Å². The Hall–Kier alpha value is -1.50. The van der Waals surface area contributed by atoms with Crippen LogP contribution < -0.4 is 4.90 Å². The fraction of sp³-hybridized carbons (Fsp3) is 0.471. The first-order valence-corrected chi connectivity index (χ1v) is 8.76. The van der Waals surface area contributed by atoms with Gasteiger partial charge in [0.1, 0.15) is 11.7 Å². The third-order valence-electron chi connectivity index (χ3n) is 5.63. The number of hydrogen-bond donors (Lipinski definition) is 1. The predicted molar refractivity (Wildman–Crippen MR) is 91.9 cm³/mol. The highest BCUT2D eigenvalue weighted by Crippen LogP contribution is 2.60. The summed E-state index contributed by atoms with van der Waals surface area (Å²) in [6.45, 7) is 3.51. The van der Waals surface area contributed by atoms with Crippen LogP contribution in [0.5, 0.6) is 0 Å². The molecule has 7 heteroatoms. The fourth-order valence-electron chi connectivity index (χ4n) is 4.51. The molecule has 0 unspecified atom stereocenters. The molecule has 4 rings (SSSR count). The predicted octanol–water partition coefficient (Wildman–Crippen LogP) is 1.58. The Morgan fingerprint density at radius 1 is 1.33 bits per heavy atom. The summed E-state index contributed by atoms with van der Waals surface area (Å²) >= 11 is 2.01. The quantitative estimate of drug-likeness (QED) is 0.531. The molecular weight excluding hydrogens is 423 g/mol. The monoisotopic (exact) mass is 438 g/mol. The molecular formula is C17H15IN2O4.